The zero-order chi connectivity index (χ0) is 10.6. The molecule has 15 heavy (non-hydrogen) atoms. The van der Waals surface area contributed by atoms with E-state index in [1.807, 2.05) is 0 Å². The van der Waals surface area contributed by atoms with Crippen LogP contribution in [0, 0.1) is 0 Å². The molecule has 1 fully saturated rings. The Morgan fingerprint density at radius 2 is 2.60 bits per heavy atom. The number of methoxy groups -OCH3 is 1. The Morgan fingerprint density at radius 3 is 3.20 bits per heavy atom. The number of rotatable bonds is 5. The van der Waals surface area contributed by atoms with Crippen LogP contribution >= 0.6 is 11.3 Å². The molecular weight excluding hydrogens is 210 g/mol. The molecule has 2 rings (SSSR count). The van der Waals surface area contributed by atoms with Crippen LogP contribution in [0.25, 0.3) is 0 Å². The van der Waals surface area contributed by atoms with Gasteiger partial charge in [-0.2, -0.15) is 11.3 Å². The quantitative estimate of drug-likeness (QED) is 0.829. The normalized spacial score (nSPS) is 25.9. The zero-order valence-electron chi connectivity index (χ0n) is 8.99. The molecule has 0 bridgehead atoms. The highest BCUT2D eigenvalue weighted by atomic mass is 32.1. The summed E-state index contributed by atoms with van der Waals surface area (Å²) < 4.78 is 10.9. The molecule has 1 saturated heterocycles. The lowest BCUT2D eigenvalue weighted by molar-refractivity contribution is -0.0159. The fourth-order valence-corrected chi connectivity index (χ4v) is 2.46. The van der Waals surface area contributed by atoms with Gasteiger partial charge in [0.05, 0.1) is 6.61 Å². The second-order valence-electron chi connectivity index (χ2n) is 3.92. The van der Waals surface area contributed by atoms with Crippen LogP contribution in [-0.4, -0.2) is 32.5 Å². The summed E-state index contributed by atoms with van der Waals surface area (Å²) in [7, 11) is 1.76. The van der Waals surface area contributed by atoms with Crippen molar-refractivity contribution in [2.45, 2.75) is 18.6 Å². The maximum absolute atomic E-state index is 5.53. The minimum atomic E-state index is -0.101. The van der Waals surface area contributed by atoms with Gasteiger partial charge in [-0.3, -0.25) is 0 Å². The Morgan fingerprint density at radius 1 is 1.67 bits per heavy atom. The number of thiophene rings is 1. The first-order valence-corrected chi connectivity index (χ1v) is 6.14. The Kier molecular flexibility index (Phi) is 3.75. The van der Waals surface area contributed by atoms with E-state index in [-0.39, 0.29) is 5.60 Å². The third-order valence-corrected chi connectivity index (χ3v) is 3.59. The molecule has 0 aromatic carbocycles. The third-order valence-electron chi connectivity index (χ3n) is 2.86. The summed E-state index contributed by atoms with van der Waals surface area (Å²) >= 11 is 1.73. The zero-order valence-corrected chi connectivity index (χ0v) is 9.81. The fourth-order valence-electron chi connectivity index (χ4n) is 1.79. The molecule has 2 heterocycles. The molecule has 1 atom stereocenters. The average molecular weight is 227 g/mol. The third kappa shape index (κ3) is 2.78. The molecule has 3 nitrogen and oxygen atoms in total. The molecule has 1 aliphatic heterocycles. The van der Waals surface area contributed by atoms with E-state index < -0.39 is 0 Å². The highest BCUT2D eigenvalue weighted by Crippen LogP contribution is 2.21. The maximum atomic E-state index is 5.53. The molecule has 1 aromatic rings. The Balaban J connectivity index is 1.77. The van der Waals surface area contributed by atoms with Crippen molar-refractivity contribution in [2.75, 3.05) is 26.9 Å². The highest BCUT2D eigenvalue weighted by Gasteiger charge is 2.34. The van der Waals surface area contributed by atoms with Crippen molar-refractivity contribution < 1.29 is 9.47 Å². The highest BCUT2D eigenvalue weighted by molar-refractivity contribution is 7.07. The van der Waals surface area contributed by atoms with Gasteiger partial charge in [0.25, 0.3) is 0 Å². The summed E-state index contributed by atoms with van der Waals surface area (Å²) in [5, 5.41) is 7.69. The second kappa shape index (κ2) is 5.07. The first kappa shape index (κ1) is 11.1. The lowest BCUT2D eigenvalue weighted by Gasteiger charge is -2.25. The van der Waals surface area contributed by atoms with Gasteiger partial charge in [-0.15, -0.1) is 0 Å². The first-order valence-electron chi connectivity index (χ1n) is 5.19. The van der Waals surface area contributed by atoms with Crippen molar-refractivity contribution in [1.82, 2.24) is 5.32 Å². The van der Waals surface area contributed by atoms with Gasteiger partial charge in [-0.25, -0.2) is 0 Å². The molecule has 4 heteroatoms. The van der Waals surface area contributed by atoms with Gasteiger partial charge in [-0.05, 0) is 22.4 Å². The predicted octanol–water partition coefficient (Wildman–Crippen LogP) is 1.64. The van der Waals surface area contributed by atoms with Crippen molar-refractivity contribution in [2.24, 2.45) is 0 Å². The van der Waals surface area contributed by atoms with Gasteiger partial charge in [0.1, 0.15) is 5.60 Å². The van der Waals surface area contributed by atoms with Crippen LogP contribution < -0.4 is 5.32 Å². The molecule has 1 N–H and O–H groups in total. The van der Waals surface area contributed by atoms with Crippen molar-refractivity contribution in [1.29, 1.82) is 0 Å². The summed E-state index contributed by atoms with van der Waals surface area (Å²) in [6.45, 7) is 3.29. The Hall–Kier alpha value is -0.420. The van der Waals surface area contributed by atoms with Crippen molar-refractivity contribution in [3.8, 4) is 0 Å². The lowest BCUT2D eigenvalue weighted by Crippen LogP contribution is -2.42. The smallest absolute Gasteiger partial charge is 0.106 e. The van der Waals surface area contributed by atoms with Crippen LogP contribution in [0.1, 0.15) is 12.0 Å². The predicted molar refractivity (Wildman–Crippen MR) is 61.2 cm³/mol. The minimum Gasteiger partial charge on any atom is -0.378 e. The standard InChI is InChI=1S/C11H17NO2S/c1-13-11(3-4-14-9-11)8-12-6-10-2-5-15-7-10/h2,5,7,12H,3-4,6,8-9H2,1H3. The van der Waals surface area contributed by atoms with Crippen LogP contribution in [-0.2, 0) is 16.0 Å². The number of nitrogens with one attached hydrogen (secondary N) is 1. The van der Waals surface area contributed by atoms with Crippen LogP contribution in [0.5, 0.6) is 0 Å². The van der Waals surface area contributed by atoms with Gasteiger partial charge in [0, 0.05) is 33.2 Å². The SMILES string of the molecule is COC1(CNCc2ccsc2)CCOC1. The van der Waals surface area contributed by atoms with E-state index in [9.17, 15) is 0 Å². The molecule has 1 unspecified atom stereocenters. The minimum absolute atomic E-state index is 0.101. The maximum Gasteiger partial charge on any atom is 0.106 e. The summed E-state index contributed by atoms with van der Waals surface area (Å²) in [6.07, 6.45) is 0.986. The van der Waals surface area contributed by atoms with E-state index in [4.69, 9.17) is 9.47 Å². The van der Waals surface area contributed by atoms with Crippen molar-refractivity contribution in [3.05, 3.63) is 22.4 Å². The van der Waals surface area contributed by atoms with Crippen molar-refractivity contribution in [3.63, 3.8) is 0 Å². The van der Waals surface area contributed by atoms with Gasteiger partial charge in [0.2, 0.25) is 0 Å². The molecule has 0 amide bonds. The van der Waals surface area contributed by atoms with E-state index in [1.54, 1.807) is 18.4 Å². The van der Waals surface area contributed by atoms with E-state index in [1.165, 1.54) is 5.56 Å². The Labute approximate surface area is 94.4 Å². The summed E-state index contributed by atoms with van der Waals surface area (Å²) in [6, 6.07) is 2.14. The van der Waals surface area contributed by atoms with Crippen LogP contribution in [0.3, 0.4) is 0 Å². The van der Waals surface area contributed by atoms with Gasteiger partial charge in [0.15, 0.2) is 0 Å². The summed E-state index contributed by atoms with van der Waals surface area (Å²) in [4.78, 5) is 0. The number of hydrogen-bond acceptors (Lipinski definition) is 4. The lowest BCUT2D eigenvalue weighted by atomic mass is 10.0. The topological polar surface area (TPSA) is 30.5 Å². The first-order chi connectivity index (χ1) is 7.35. The molecule has 1 aliphatic rings. The van der Waals surface area contributed by atoms with E-state index in [0.29, 0.717) is 6.61 Å². The van der Waals surface area contributed by atoms with Crippen LogP contribution in [0.4, 0.5) is 0 Å². The van der Waals surface area contributed by atoms with Crippen LogP contribution in [0.2, 0.25) is 0 Å². The van der Waals surface area contributed by atoms with Gasteiger partial charge >= 0.3 is 0 Å². The largest absolute Gasteiger partial charge is 0.378 e. The second-order valence-corrected chi connectivity index (χ2v) is 4.70. The van der Waals surface area contributed by atoms with Gasteiger partial charge < -0.3 is 14.8 Å². The molecule has 0 aliphatic carbocycles. The fraction of sp³-hybridized carbons (Fsp3) is 0.636. The molecule has 1 aromatic heterocycles. The molecule has 0 radical (unpaired) electrons. The van der Waals surface area contributed by atoms with E-state index in [0.717, 1.165) is 26.1 Å². The van der Waals surface area contributed by atoms with Crippen molar-refractivity contribution >= 4 is 11.3 Å². The summed E-state index contributed by atoms with van der Waals surface area (Å²) in [5.41, 5.74) is 1.24. The van der Waals surface area contributed by atoms with E-state index in [2.05, 4.69) is 22.1 Å². The molecule has 0 spiro atoms. The number of hydrogen-bond donors (Lipinski definition) is 1. The van der Waals surface area contributed by atoms with E-state index >= 15 is 0 Å². The van der Waals surface area contributed by atoms with Gasteiger partial charge in [-0.1, -0.05) is 0 Å². The Bertz CT molecular complexity index is 281. The summed E-state index contributed by atoms with van der Waals surface area (Å²) in [5.74, 6) is 0. The van der Waals surface area contributed by atoms with Crippen LogP contribution in [0.15, 0.2) is 16.8 Å². The monoisotopic (exact) mass is 227 g/mol. The number of ether oxygens (including phenoxy) is 2. The average Bonchev–Trinajstić information content (AvgIpc) is 2.89. The molecule has 84 valence electrons. The molecular formula is C11H17NO2S. The molecule has 0 saturated carbocycles.